The van der Waals surface area contributed by atoms with E-state index in [-0.39, 0.29) is 11.4 Å². The fourth-order valence-corrected chi connectivity index (χ4v) is 4.48. The smallest absolute Gasteiger partial charge is 0.251 e. The number of nitrogens with zero attached hydrogens (tertiary/aromatic N) is 3. The summed E-state index contributed by atoms with van der Waals surface area (Å²) in [6.07, 6.45) is 15.1. The van der Waals surface area contributed by atoms with Gasteiger partial charge < -0.3 is 15.5 Å². The highest BCUT2D eigenvalue weighted by atomic mass is 16.1. The normalized spacial score (nSPS) is 23.9. The highest BCUT2D eigenvalue weighted by Crippen LogP contribution is 2.49. The Kier molecular flexibility index (Phi) is 4.51. The fourth-order valence-electron chi connectivity index (χ4n) is 4.48. The third-order valence-corrected chi connectivity index (χ3v) is 6.24. The van der Waals surface area contributed by atoms with Gasteiger partial charge in [-0.1, -0.05) is 24.3 Å². The highest BCUT2D eigenvalue weighted by Gasteiger charge is 2.61. The summed E-state index contributed by atoms with van der Waals surface area (Å²) in [6, 6.07) is 9.66. The summed E-state index contributed by atoms with van der Waals surface area (Å²) in [5, 5.41) is 15.7. The second-order valence-corrected chi connectivity index (χ2v) is 8.27. The van der Waals surface area contributed by atoms with Crippen LogP contribution in [0.2, 0.25) is 0 Å². The van der Waals surface area contributed by atoms with Crippen molar-refractivity contribution in [3.8, 4) is 17.3 Å². The van der Waals surface area contributed by atoms with Crippen molar-refractivity contribution in [3.05, 3.63) is 72.2 Å². The van der Waals surface area contributed by atoms with Crippen LogP contribution in [-0.4, -0.2) is 34.4 Å². The Balaban J connectivity index is 1.31. The first-order valence-electron chi connectivity index (χ1n) is 10.3. The van der Waals surface area contributed by atoms with E-state index in [1.54, 1.807) is 11.1 Å². The number of aromatic nitrogens is 1. The number of carbonyl (C=O) groups is 1. The van der Waals surface area contributed by atoms with Crippen LogP contribution >= 0.6 is 0 Å². The molecule has 150 valence electrons. The summed E-state index contributed by atoms with van der Waals surface area (Å²) in [5.41, 5.74) is 4.63. The first-order valence-corrected chi connectivity index (χ1v) is 10.3. The van der Waals surface area contributed by atoms with Crippen LogP contribution < -0.4 is 10.6 Å². The average molecular weight is 397 g/mol. The molecule has 6 heteroatoms. The topological polar surface area (TPSA) is 81.1 Å². The molecule has 2 N–H and O–H groups in total. The molecule has 1 aliphatic heterocycles. The highest BCUT2D eigenvalue weighted by molar-refractivity contribution is 5.95. The number of allylic oxidation sites excluding steroid dienone is 4. The van der Waals surface area contributed by atoms with E-state index in [2.05, 4.69) is 40.0 Å². The third-order valence-electron chi connectivity index (χ3n) is 6.24. The molecule has 2 fully saturated rings. The first-order chi connectivity index (χ1) is 14.7. The molecule has 1 aromatic carbocycles. The molecule has 0 radical (unpaired) electrons. The number of carbonyl (C=O) groups excluding carboxylic acids is 1. The Hall–Kier alpha value is -3.59. The van der Waals surface area contributed by atoms with Crippen molar-refractivity contribution in [1.29, 1.82) is 5.26 Å². The molecule has 0 bridgehead atoms. The molecule has 0 spiro atoms. The number of likely N-dealkylation sites (tertiary alicyclic amines) is 1. The van der Waals surface area contributed by atoms with Gasteiger partial charge in [0.2, 0.25) is 0 Å². The Morgan fingerprint density at radius 2 is 2.13 bits per heavy atom. The van der Waals surface area contributed by atoms with E-state index in [4.69, 9.17) is 5.26 Å². The number of anilines is 1. The van der Waals surface area contributed by atoms with E-state index >= 15 is 0 Å². The molecule has 30 heavy (non-hydrogen) atoms. The maximum absolute atomic E-state index is 12.8. The molecule has 6 nitrogen and oxygen atoms in total. The zero-order valence-electron chi connectivity index (χ0n) is 16.6. The van der Waals surface area contributed by atoms with E-state index < -0.39 is 0 Å². The average Bonchev–Trinajstić information content (AvgIpc) is 3.33. The number of benzene rings is 1. The van der Waals surface area contributed by atoms with Crippen molar-refractivity contribution in [3.63, 3.8) is 0 Å². The number of amides is 1. The van der Waals surface area contributed by atoms with E-state index in [1.807, 2.05) is 36.5 Å². The molecule has 5 rings (SSSR count). The monoisotopic (exact) mass is 397 g/mol. The maximum Gasteiger partial charge on any atom is 0.251 e. The van der Waals surface area contributed by atoms with Crippen LogP contribution in [0.15, 0.2) is 66.7 Å². The van der Waals surface area contributed by atoms with Gasteiger partial charge in [-0.25, -0.2) is 0 Å². The van der Waals surface area contributed by atoms with Crippen molar-refractivity contribution in [1.82, 2.24) is 15.2 Å². The minimum Gasteiger partial charge on any atom is -0.357 e. The van der Waals surface area contributed by atoms with Crippen LogP contribution in [0.1, 0.15) is 29.6 Å². The van der Waals surface area contributed by atoms with E-state index in [0.29, 0.717) is 18.0 Å². The van der Waals surface area contributed by atoms with Crippen LogP contribution in [0.5, 0.6) is 0 Å². The molecule has 1 saturated carbocycles. The predicted octanol–water partition coefficient (Wildman–Crippen LogP) is 3.68. The Morgan fingerprint density at radius 3 is 2.87 bits per heavy atom. The first kappa shape index (κ1) is 18.4. The number of hydrogen-bond donors (Lipinski definition) is 2. The lowest BCUT2D eigenvalue weighted by Crippen LogP contribution is -2.41. The second-order valence-electron chi connectivity index (χ2n) is 8.27. The van der Waals surface area contributed by atoms with Crippen LogP contribution in [0.3, 0.4) is 0 Å². The summed E-state index contributed by atoms with van der Waals surface area (Å²) in [6.45, 7) is 1.37. The Morgan fingerprint density at radius 1 is 1.27 bits per heavy atom. The molecule has 3 aliphatic rings. The van der Waals surface area contributed by atoms with Gasteiger partial charge in [-0.3, -0.25) is 9.78 Å². The summed E-state index contributed by atoms with van der Waals surface area (Å²) in [7, 11) is 0. The van der Waals surface area contributed by atoms with Crippen molar-refractivity contribution in [2.24, 2.45) is 5.92 Å². The number of pyridine rings is 1. The van der Waals surface area contributed by atoms with Gasteiger partial charge in [0.15, 0.2) is 6.19 Å². The molecule has 1 aromatic heterocycles. The van der Waals surface area contributed by atoms with Gasteiger partial charge in [0.1, 0.15) is 0 Å². The molecular weight excluding hydrogens is 374 g/mol. The predicted molar refractivity (Wildman–Crippen MR) is 115 cm³/mol. The molecule has 1 saturated heterocycles. The Labute approximate surface area is 175 Å². The molecule has 1 unspecified atom stereocenters. The number of rotatable bonds is 5. The minimum absolute atomic E-state index is 0.0731. The van der Waals surface area contributed by atoms with Crippen molar-refractivity contribution < 1.29 is 4.79 Å². The van der Waals surface area contributed by atoms with Crippen LogP contribution in [0.25, 0.3) is 11.1 Å². The molecule has 2 aromatic rings. The fraction of sp³-hybridized carbons (Fsp3) is 0.292. The number of nitriles is 1. The number of piperidine rings is 1. The van der Waals surface area contributed by atoms with E-state index in [1.165, 1.54) is 5.70 Å². The number of fused-ring (bicyclic) bond motifs is 1. The molecule has 2 aliphatic carbocycles. The molecule has 1 amide bonds. The summed E-state index contributed by atoms with van der Waals surface area (Å²) < 4.78 is 0. The summed E-state index contributed by atoms with van der Waals surface area (Å²) in [5.74, 6) is 0.325. The van der Waals surface area contributed by atoms with Gasteiger partial charge in [-0.15, -0.1) is 0 Å². The van der Waals surface area contributed by atoms with Gasteiger partial charge in [0.05, 0.1) is 24.0 Å². The minimum atomic E-state index is -0.212. The second kappa shape index (κ2) is 7.34. The van der Waals surface area contributed by atoms with Gasteiger partial charge in [0, 0.05) is 35.5 Å². The Bertz CT molecular complexity index is 1080. The standard InChI is InChI=1S/C24H23N5O/c25-16-29-14-19-12-24(19,15-29)28-23(30)18-8-6-17(7-9-18)21-10-11-26-13-22(21)27-20-4-2-1-3-5-20/h1-2,4,6-11,13,19,27H,3,5,12,14-15H2,(H,28,30)/t19?,24-/m0/s1. The molecular formula is C24H23N5O. The number of hydrogen-bond acceptors (Lipinski definition) is 5. The van der Waals surface area contributed by atoms with Crippen LogP contribution in [0.4, 0.5) is 5.69 Å². The van der Waals surface area contributed by atoms with Gasteiger partial charge in [0.25, 0.3) is 5.91 Å². The lowest BCUT2D eigenvalue weighted by atomic mass is 10.0. The summed E-state index contributed by atoms with van der Waals surface area (Å²) in [4.78, 5) is 18.8. The van der Waals surface area contributed by atoms with Gasteiger partial charge in [-0.05, 0) is 49.1 Å². The van der Waals surface area contributed by atoms with Crippen molar-refractivity contribution >= 4 is 11.6 Å². The number of nitrogens with one attached hydrogen (secondary N) is 2. The van der Waals surface area contributed by atoms with Crippen LogP contribution in [-0.2, 0) is 0 Å². The maximum atomic E-state index is 12.8. The quantitative estimate of drug-likeness (QED) is 0.753. The van der Waals surface area contributed by atoms with E-state index in [0.717, 1.165) is 42.6 Å². The summed E-state index contributed by atoms with van der Waals surface area (Å²) >= 11 is 0. The van der Waals surface area contributed by atoms with Gasteiger partial charge >= 0.3 is 0 Å². The SMILES string of the molecule is N#CN1CC2C[C@]2(NC(=O)c2ccc(-c3ccncc3NC3=CC=CCC3)cc2)C1. The van der Waals surface area contributed by atoms with E-state index in [9.17, 15) is 4.79 Å². The lowest BCUT2D eigenvalue weighted by Gasteiger charge is -2.17. The zero-order chi connectivity index (χ0) is 20.6. The van der Waals surface area contributed by atoms with Crippen LogP contribution in [0, 0.1) is 17.4 Å². The van der Waals surface area contributed by atoms with Crippen molar-refractivity contribution in [2.45, 2.75) is 24.8 Å². The van der Waals surface area contributed by atoms with Crippen molar-refractivity contribution in [2.75, 3.05) is 18.4 Å². The lowest BCUT2D eigenvalue weighted by molar-refractivity contribution is 0.0929. The molecule has 2 atom stereocenters. The van der Waals surface area contributed by atoms with Gasteiger partial charge in [-0.2, -0.15) is 5.26 Å². The molecule has 2 heterocycles. The zero-order valence-corrected chi connectivity index (χ0v) is 16.6. The third kappa shape index (κ3) is 3.43. The largest absolute Gasteiger partial charge is 0.357 e.